The van der Waals surface area contributed by atoms with Crippen LogP contribution in [-0.2, 0) is 26.5 Å². The van der Waals surface area contributed by atoms with Gasteiger partial charge in [-0.25, -0.2) is 0 Å². The van der Waals surface area contributed by atoms with Gasteiger partial charge in [0, 0.05) is 54.5 Å². The van der Waals surface area contributed by atoms with E-state index in [1.165, 1.54) is 6.07 Å². The summed E-state index contributed by atoms with van der Waals surface area (Å²) in [5, 5.41) is 1.75. The maximum absolute atomic E-state index is 8.21. The van der Waals surface area contributed by atoms with Crippen molar-refractivity contribution in [3.05, 3.63) is 150 Å². The number of para-hydroxylation sites is 2. The Kier molecular flexibility index (Phi) is 6.96. The number of fused-ring (bicyclic) bond motifs is 5. The van der Waals surface area contributed by atoms with Crippen LogP contribution in [0.25, 0.3) is 61.2 Å². The van der Waals surface area contributed by atoms with Gasteiger partial charge in [-0.15, -0.1) is 54.1 Å². The van der Waals surface area contributed by atoms with Gasteiger partial charge in [0.15, 0.2) is 0 Å². The largest absolute Gasteiger partial charge is 0.498 e. The summed E-state index contributed by atoms with van der Waals surface area (Å²) < 4.78 is 72.0. The average molecular weight is 812 g/mol. The fourth-order valence-corrected chi connectivity index (χ4v) is 5.68. The van der Waals surface area contributed by atoms with Gasteiger partial charge < -0.3 is 19.0 Å². The average Bonchev–Trinajstić information content (AvgIpc) is 3.69. The SMILES string of the molecule is [2H]C([2H])([2H])c1cnc(-c2[c-]ccc3c2oc2c4ccccc4n(-c4ccccc4)c32)cc1C([2H])([2H])[2H].[2H]C([2H])(c1ccc(-c2[c-]cccc2)nc1)C(C)(C)C.[Ir]. The third-order valence-corrected chi connectivity index (χ3v) is 7.68. The maximum atomic E-state index is 8.21. The van der Waals surface area contributed by atoms with Crippen LogP contribution < -0.4 is 0 Å². The molecule has 0 aliphatic heterocycles. The molecular formula is C43H37IrN3O-2. The zero-order valence-corrected chi connectivity index (χ0v) is 29.0. The topological polar surface area (TPSA) is 43.9 Å². The Bertz CT molecular complexity index is 2630. The first kappa shape index (κ1) is 24.3. The Hall–Kier alpha value is -4.83. The Morgan fingerprint density at radius 3 is 2.25 bits per heavy atom. The number of aromatic nitrogens is 3. The molecule has 0 amide bonds. The molecule has 4 aromatic carbocycles. The van der Waals surface area contributed by atoms with E-state index in [0.717, 1.165) is 44.9 Å². The summed E-state index contributed by atoms with van der Waals surface area (Å²) in [6, 6.07) is 40.5. The number of benzene rings is 4. The monoisotopic (exact) mass is 812 g/mol. The molecule has 0 saturated heterocycles. The minimum atomic E-state index is -2.62. The second kappa shape index (κ2) is 13.7. The van der Waals surface area contributed by atoms with E-state index < -0.39 is 25.5 Å². The molecule has 4 heterocycles. The van der Waals surface area contributed by atoms with Crippen molar-refractivity contribution in [2.75, 3.05) is 0 Å². The van der Waals surface area contributed by atoms with Gasteiger partial charge in [-0.3, -0.25) is 0 Å². The molecular weight excluding hydrogens is 767 g/mol. The van der Waals surface area contributed by atoms with E-state index in [0.29, 0.717) is 22.3 Å². The minimum Gasteiger partial charge on any atom is -0.498 e. The molecule has 5 heteroatoms. The molecule has 8 rings (SSSR count). The number of hydrogen-bond acceptors (Lipinski definition) is 3. The molecule has 0 bridgehead atoms. The molecule has 8 aromatic rings. The fraction of sp³-hybridized carbons (Fsp3) is 0.163. The van der Waals surface area contributed by atoms with Crippen LogP contribution in [-0.4, -0.2) is 14.5 Å². The first-order chi connectivity index (χ1) is 26.0. The van der Waals surface area contributed by atoms with Gasteiger partial charge in [-0.2, -0.15) is 0 Å². The van der Waals surface area contributed by atoms with Crippen LogP contribution in [0.3, 0.4) is 0 Å². The van der Waals surface area contributed by atoms with Gasteiger partial charge in [-0.05, 0) is 77.7 Å². The second-order valence-corrected chi connectivity index (χ2v) is 12.3. The van der Waals surface area contributed by atoms with Crippen LogP contribution in [0.2, 0.25) is 0 Å². The normalized spacial score (nSPS) is 14.6. The predicted molar refractivity (Wildman–Crippen MR) is 194 cm³/mol. The summed E-state index contributed by atoms with van der Waals surface area (Å²) in [5.41, 5.74) is 6.14. The van der Waals surface area contributed by atoms with Crippen molar-refractivity contribution in [1.82, 2.24) is 14.5 Å². The van der Waals surface area contributed by atoms with Crippen LogP contribution in [0.4, 0.5) is 0 Å². The number of furan rings is 1. The zero-order chi connectivity index (χ0) is 39.3. The van der Waals surface area contributed by atoms with Gasteiger partial charge in [0.05, 0.1) is 16.6 Å². The number of pyridine rings is 2. The van der Waals surface area contributed by atoms with Gasteiger partial charge in [0.1, 0.15) is 5.58 Å². The van der Waals surface area contributed by atoms with Crippen molar-refractivity contribution in [3.8, 4) is 28.2 Å². The van der Waals surface area contributed by atoms with Crippen molar-refractivity contribution < 1.29 is 35.5 Å². The van der Waals surface area contributed by atoms with Crippen LogP contribution in [0.1, 0.15) is 48.4 Å². The van der Waals surface area contributed by atoms with Gasteiger partial charge in [-0.1, -0.05) is 80.4 Å². The molecule has 0 spiro atoms. The van der Waals surface area contributed by atoms with E-state index in [1.807, 2.05) is 118 Å². The standard InChI is InChI=1S/C27H19N2O.C16H18N.Ir/c1-17-15-23(28-16-18(17)2)20-12-8-13-22-25-27(30-26(20)22)21-11-6-7-14-24(21)29(25)19-9-4-3-5-10-19;1-16(2,3)11-13-9-10-15(17-12-13)14-7-5-4-6-8-14;/h3-11,13-16H,1-2H3;4-7,9-10,12H,11H2,1-3H3;/q2*-1;/i1D3,2D3;11D2;. The molecule has 0 unspecified atom stereocenters. The Morgan fingerprint density at radius 1 is 0.750 bits per heavy atom. The Morgan fingerprint density at radius 2 is 1.52 bits per heavy atom. The van der Waals surface area contributed by atoms with Crippen LogP contribution >= 0.6 is 0 Å². The molecule has 0 aliphatic rings. The van der Waals surface area contributed by atoms with Crippen LogP contribution in [0.15, 0.2) is 126 Å². The quantitative estimate of drug-likeness (QED) is 0.166. The van der Waals surface area contributed by atoms with E-state index in [2.05, 4.69) is 26.7 Å². The van der Waals surface area contributed by atoms with E-state index in [9.17, 15) is 0 Å². The molecule has 0 saturated carbocycles. The van der Waals surface area contributed by atoms with Gasteiger partial charge >= 0.3 is 0 Å². The van der Waals surface area contributed by atoms with Crippen molar-refractivity contribution in [2.24, 2.45) is 5.41 Å². The number of rotatable bonds is 4. The molecule has 1 radical (unpaired) electrons. The summed E-state index contributed by atoms with van der Waals surface area (Å²) in [5.74, 6) is 0. The van der Waals surface area contributed by atoms with E-state index in [4.69, 9.17) is 15.4 Å². The third kappa shape index (κ3) is 6.62. The first-order valence-corrected chi connectivity index (χ1v) is 15.3. The molecule has 241 valence electrons. The number of aryl methyl sites for hydroxylation is 2. The van der Waals surface area contributed by atoms with Gasteiger partial charge in [0.25, 0.3) is 0 Å². The van der Waals surface area contributed by atoms with E-state index in [-0.39, 0.29) is 36.9 Å². The summed E-state index contributed by atoms with van der Waals surface area (Å²) in [6.45, 7) is 0.462. The van der Waals surface area contributed by atoms with Gasteiger partial charge in [0.2, 0.25) is 0 Å². The van der Waals surface area contributed by atoms with Crippen molar-refractivity contribution in [3.63, 3.8) is 0 Å². The molecule has 0 aliphatic carbocycles. The second-order valence-electron chi connectivity index (χ2n) is 12.3. The Balaban J connectivity index is 0.000000226. The smallest absolute Gasteiger partial charge is 0.147 e. The summed E-state index contributed by atoms with van der Waals surface area (Å²) >= 11 is 0. The minimum absolute atomic E-state index is 0. The third-order valence-electron chi connectivity index (χ3n) is 7.68. The molecule has 4 nitrogen and oxygen atoms in total. The Labute approximate surface area is 307 Å². The summed E-state index contributed by atoms with van der Waals surface area (Å²) in [6.07, 6.45) is 1.35. The van der Waals surface area contributed by atoms with Crippen LogP contribution in [0.5, 0.6) is 0 Å². The molecule has 0 fully saturated rings. The number of hydrogen-bond donors (Lipinski definition) is 0. The molecule has 48 heavy (non-hydrogen) atoms. The summed E-state index contributed by atoms with van der Waals surface area (Å²) in [7, 11) is 0. The molecule has 4 aromatic heterocycles. The molecule has 0 N–H and O–H groups in total. The first-order valence-electron chi connectivity index (χ1n) is 19.3. The van der Waals surface area contributed by atoms with E-state index >= 15 is 0 Å². The van der Waals surface area contributed by atoms with E-state index in [1.54, 1.807) is 12.3 Å². The fourth-order valence-electron chi connectivity index (χ4n) is 5.68. The summed E-state index contributed by atoms with van der Waals surface area (Å²) in [4.78, 5) is 8.69. The predicted octanol–water partition coefficient (Wildman–Crippen LogP) is 11.1. The number of nitrogens with zero attached hydrogens (tertiary/aromatic N) is 3. The zero-order valence-electron chi connectivity index (χ0n) is 34.6. The van der Waals surface area contributed by atoms with Crippen LogP contribution in [0, 0.1) is 31.3 Å². The maximum Gasteiger partial charge on any atom is 0.147 e. The van der Waals surface area contributed by atoms with Crippen molar-refractivity contribution >= 4 is 33.0 Å². The van der Waals surface area contributed by atoms with Crippen molar-refractivity contribution in [1.29, 1.82) is 0 Å². The van der Waals surface area contributed by atoms with Crippen molar-refractivity contribution in [2.45, 2.75) is 40.8 Å². The molecule has 0 atom stereocenters.